The molecule has 0 aliphatic carbocycles. The molecule has 0 unspecified atom stereocenters. The van der Waals surface area contributed by atoms with Crippen molar-refractivity contribution in [3.8, 4) is 5.75 Å². The highest BCUT2D eigenvalue weighted by Gasteiger charge is 2.15. The second kappa shape index (κ2) is 6.91. The van der Waals surface area contributed by atoms with E-state index in [4.69, 9.17) is 22.1 Å². The summed E-state index contributed by atoms with van der Waals surface area (Å²) in [5.41, 5.74) is 7.28. The Morgan fingerprint density at radius 2 is 1.73 bits per heavy atom. The summed E-state index contributed by atoms with van der Waals surface area (Å²) in [5.74, 6) is 0.377. The van der Waals surface area contributed by atoms with Crippen LogP contribution in [0.25, 0.3) is 10.8 Å². The van der Waals surface area contributed by atoms with Crippen molar-refractivity contribution in [1.82, 2.24) is 0 Å². The highest BCUT2D eigenvalue weighted by atomic mass is 35.5. The Morgan fingerprint density at radius 3 is 2.35 bits per heavy atom. The van der Waals surface area contributed by atoms with Gasteiger partial charge in [0, 0.05) is 21.9 Å². The maximum atomic E-state index is 11.4. The molecule has 3 aromatic carbocycles. The summed E-state index contributed by atoms with van der Waals surface area (Å²) in [6.07, 6.45) is 0. The maximum Gasteiger partial charge on any atom is 0.294 e. The molecule has 0 spiro atoms. The highest BCUT2D eigenvalue weighted by Crippen LogP contribution is 2.39. The molecule has 7 nitrogen and oxygen atoms in total. The molecule has 3 aromatic rings. The summed E-state index contributed by atoms with van der Waals surface area (Å²) in [5, 5.41) is 9.81. The molecule has 0 bridgehead atoms. The number of hydrogen-bond donors (Lipinski definition) is 2. The summed E-state index contributed by atoms with van der Waals surface area (Å²) in [4.78, 5) is -0.266. The normalized spacial score (nSPS) is 12.0. The van der Waals surface area contributed by atoms with Gasteiger partial charge in [-0.3, -0.25) is 4.55 Å². The van der Waals surface area contributed by atoms with E-state index in [2.05, 4.69) is 10.2 Å². The van der Waals surface area contributed by atoms with E-state index in [1.165, 1.54) is 25.3 Å². The van der Waals surface area contributed by atoms with Crippen LogP contribution in [-0.4, -0.2) is 20.1 Å². The van der Waals surface area contributed by atoms with E-state index in [1.54, 1.807) is 30.3 Å². The average Bonchev–Trinajstić information content (AvgIpc) is 2.61. The van der Waals surface area contributed by atoms with Gasteiger partial charge >= 0.3 is 0 Å². The standard InChI is InChI=1S/C17H14ClN3O4S/c1-25-16-9-15(21-20-11-4-2-10(18)3-5-11)14-8-12(26(22,23)24)6-7-13(14)17(16)19/h2-9H,19H2,1H3,(H,22,23,24). The number of nitrogens with two attached hydrogens (primary N) is 1. The number of ether oxygens (including phenoxy) is 1. The van der Waals surface area contributed by atoms with E-state index in [0.29, 0.717) is 38.6 Å². The fourth-order valence-electron chi connectivity index (χ4n) is 2.41. The number of rotatable bonds is 4. The molecule has 9 heteroatoms. The Balaban J connectivity index is 2.21. The van der Waals surface area contributed by atoms with E-state index in [0.717, 1.165) is 0 Å². The zero-order valence-electron chi connectivity index (χ0n) is 13.5. The Labute approximate surface area is 154 Å². The van der Waals surface area contributed by atoms with Crippen molar-refractivity contribution in [3.63, 3.8) is 0 Å². The minimum Gasteiger partial charge on any atom is -0.494 e. The van der Waals surface area contributed by atoms with Crippen LogP contribution in [0.3, 0.4) is 0 Å². The Kier molecular flexibility index (Phi) is 4.82. The van der Waals surface area contributed by atoms with E-state index in [-0.39, 0.29) is 4.90 Å². The quantitative estimate of drug-likeness (QED) is 0.378. The number of nitrogens with zero attached hydrogens (tertiary/aromatic N) is 2. The Morgan fingerprint density at radius 1 is 1.04 bits per heavy atom. The lowest BCUT2D eigenvalue weighted by Crippen LogP contribution is -1.99. The summed E-state index contributed by atoms with van der Waals surface area (Å²) in [6, 6.07) is 12.3. The predicted molar refractivity (Wildman–Crippen MR) is 100 cm³/mol. The molecule has 0 fully saturated rings. The minimum atomic E-state index is -4.37. The average molecular weight is 392 g/mol. The van der Waals surface area contributed by atoms with Crippen LogP contribution in [0.1, 0.15) is 0 Å². The number of anilines is 1. The van der Waals surface area contributed by atoms with Gasteiger partial charge in [0.25, 0.3) is 10.1 Å². The van der Waals surface area contributed by atoms with Crippen LogP contribution in [0.2, 0.25) is 5.02 Å². The Bertz CT molecular complexity index is 1110. The third-order valence-corrected chi connectivity index (χ3v) is 4.81. The van der Waals surface area contributed by atoms with Crippen LogP contribution in [-0.2, 0) is 10.1 Å². The summed E-state index contributed by atoms with van der Waals surface area (Å²) < 4.78 is 37.4. The molecule has 0 aliphatic rings. The van der Waals surface area contributed by atoms with Gasteiger partial charge in [0.05, 0.1) is 29.1 Å². The number of methoxy groups -OCH3 is 1. The molecule has 0 atom stereocenters. The topological polar surface area (TPSA) is 114 Å². The molecule has 0 saturated carbocycles. The molecule has 26 heavy (non-hydrogen) atoms. The van der Waals surface area contributed by atoms with Crippen LogP contribution >= 0.6 is 11.6 Å². The molecule has 0 radical (unpaired) electrons. The number of hydrogen-bond acceptors (Lipinski definition) is 6. The lowest BCUT2D eigenvalue weighted by Gasteiger charge is -2.11. The largest absolute Gasteiger partial charge is 0.494 e. The molecular weight excluding hydrogens is 378 g/mol. The molecule has 3 rings (SSSR count). The number of azo groups is 1. The third kappa shape index (κ3) is 3.62. The van der Waals surface area contributed by atoms with Crippen molar-refractivity contribution < 1.29 is 17.7 Å². The van der Waals surface area contributed by atoms with Gasteiger partial charge in [-0.1, -0.05) is 17.7 Å². The highest BCUT2D eigenvalue weighted by molar-refractivity contribution is 7.85. The van der Waals surface area contributed by atoms with Crippen molar-refractivity contribution in [2.75, 3.05) is 12.8 Å². The number of fused-ring (bicyclic) bond motifs is 1. The fraction of sp³-hybridized carbons (Fsp3) is 0.0588. The van der Waals surface area contributed by atoms with Gasteiger partial charge in [-0.05, 0) is 36.4 Å². The van der Waals surface area contributed by atoms with E-state index >= 15 is 0 Å². The molecule has 0 heterocycles. The second-order valence-corrected chi connectivity index (χ2v) is 7.23. The van der Waals surface area contributed by atoms with Gasteiger partial charge in [-0.15, -0.1) is 5.11 Å². The van der Waals surface area contributed by atoms with E-state index in [1.807, 2.05) is 0 Å². The first-order chi connectivity index (χ1) is 12.3. The third-order valence-electron chi connectivity index (χ3n) is 3.71. The summed E-state index contributed by atoms with van der Waals surface area (Å²) in [7, 11) is -2.91. The summed E-state index contributed by atoms with van der Waals surface area (Å²) >= 11 is 5.84. The van der Waals surface area contributed by atoms with E-state index in [9.17, 15) is 13.0 Å². The SMILES string of the molecule is COc1cc(N=Nc2ccc(Cl)cc2)c2cc(S(=O)(=O)O)ccc2c1N. The Hall–Kier alpha value is -2.68. The second-order valence-electron chi connectivity index (χ2n) is 5.37. The first kappa shape index (κ1) is 18.1. The lowest BCUT2D eigenvalue weighted by molar-refractivity contribution is 0.417. The van der Waals surface area contributed by atoms with Crippen LogP contribution in [0, 0.1) is 0 Å². The van der Waals surface area contributed by atoms with Crippen molar-refractivity contribution >= 4 is 49.6 Å². The first-order valence-electron chi connectivity index (χ1n) is 7.34. The van der Waals surface area contributed by atoms with Crippen LogP contribution < -0.4 is 10.5 Å². The van der Waals surface area contributed by atoms with Crippen LogP contribution in [0.15, 0.2) is 63.7 Å². The lowest BCUT2D eigenvalue weighted by atomic mass is 10.1. The van der Waals surface area contributed by atoms with Gasteiger partial charge in [0.2, 0.25) is 0 Å². The van der Waals surface area contributed by atoms with Crippen LogP contribution in [0.4, 0.5) is 17.1 Å². The van der Waals surface area contributed by atoms with Crippen molar-refractivity contribution in [2.45, 2.75) is 4.90 Å². The fourth-order valence-corrected chi connectivity index (χ4v) is 3.05. The molecule has 0 aromatic heterocycles. The smallest absolute Gasteiger partial charge is 0.294 e. The molecule has 0 amide bonds. The van der Waals surface area contributed by atoms with Gasteiger partial charge in [0.15, 0.2) is 0 Å². The van der Waals surface area contributed by atoms with Crippen LogP contribution in [0.5, 0.6) is 5.75 Å². The number of halogens is 1. The van der Waals surface area contributed by atoms with E-state index < -0.39 is 10.1 Å². The number of nitrogen functional groups attached to an aromatic ring is 1. The number of benzene rings is 3. The zero-order chi connectivity index (χ0) is 18.9. The van der Waals surface area contributed by atoms with Crippen molar-refractivity contribution in [3.05, 3.63) is 53.6 Å². The molecular formula is C17H14ClN3O4S. The molecule has 3 N–H and O–H groups in total. The molecule has 0 saturated heterocycles. The van der Waals surface area contributed by atoms with Gasteiger partial charge < -0.3 is 10.5 Å². The first-order valence-corrected chi connectivity index (χ1v) is 9.16. The molecule has 134 valence electrons. The van der Waals surface area contributed by atoms with Gasteiger partial charge in [0.1, 0.15) is 5.75 Å². The molecule has 0 aliphatic heterocycles. The maximum absolute atomic E-state index is 11.4. The summed E-state index contributed by atoms with van der Waals surface area (Å²) in [6.45, 7) is 0. The minimum absolute atomic E-state index is 0.266. The van der Waals surface area contributed by atoms with Crippen molar-refractivity contribution in [1.29, 1.82) is 0 Å². The van der Waals surface area contributed by atoms with Gasteiger partial charge in [-0.25, -0.2) is 0 Å². The van der Waals surface area contributed by atoms with Crippen molar-refractivity contribution in [2.24, 2.45) is 10.2 Å². The van der Waals surface area contributed by atoms with Gasteiger partial charge in [-0.2, -0.15) is 13.5 Å². The zero-order valence-corrected chi connectivity index (χ0v) is 15.1. The predicted octanol–water partition coefficient (Wildman–Crippen LogP) is 4.75. The monoisotopic (exact) mass is 391 g/mol.